The summed E-state index contributed by atoms with van der Waals surface area (Å²) >= 11 is 5.18. The maximum absolute atomic E-state index is 10.00. The van der Waals surface area contributed by atoms with Crippen LogP contribution in [0.4, 0.5) is 0 Å². The Balaban J connectivity index is 2.75. The van der Waals surface area contributed by atoms with E-state index < -0.39 is 37.3 Å². The second-order valence-corrected chi connectivity index (χ2v) is 4.76. The van der Waals surface area contributed by atoms with E-state index in [1.807, 2.05) is 18.7 Å². The first kappa shape index (κ1) is 16.5. The molecule has 5 atom stereocenters. The van der Waals surface area contributed by atoms with Gasteiger partial charge in [0.25, 0.3) is 0 Å². The molecule has 0 aromatic carbocycles. The number of rotatable bonds is 4. The smallest absolute Gasteiger partial charge is 0.183 e. The van der Waals surface area contributed by atoms with Gasteiger partial charge in [-0.15, -0.1) is 0 Å². The summed E-state index contributed by atoms with van der Waals surface area (Å²) in [6.45, 7) is 4.77. The minimum Gasteiger partial charge on any atom is -0.394 e. The Bertz CT molecular complexity index is 303. The minimum absolute atomic E-state index is 0.374. The van der Waals surface area contributed by atoms with Gasteiger partial charge < -0.3 is 35.4 Å². The highest BCUT2D eigenvalue weighted by molar-refractivity contribution is 7.80. The normalized spacial score (nSPS) is 34.9. The van der Waals surface area contributed by atoms with E-state index in [1.54, 1.807) is 0 Å². The number of nitrogens with one attached hydrogen (secondary N) is 1. The van der Waals surface area contributed by atoms with Crippen molar-refractivity contribution in [2.75, 3.05) is 19.7 Å². The number of aliphatic hydroxyl groups excluding tert-OH is 4. The van der Waals surface area contributed by atoms with Gasteiger partial charge in [-0.25, -0.2) is 0 Å². The molecule has 8 heteroatoms. The van der Waals surface area contributed by atoms with Gasteiger partial charge in [0.05, 0.1) is 12.6 Å². The van der Waals surface area contributed by atoms with Crippen LogP contribution in [-0.2, 0) is 4.74 Å². The monoisotopic (exact) mass is 294 g/mol. The molecule has 1 rings (SSSR count). The van der Waals surface area contributed by atoms with Crippen molar-refractivity contribution in [1.29, 1.82) is 0 Å². The molecule has 0 amide bonds. The molecular weight excluding hydrogens is 272 g/mol. The fraction of sp³-hybridized carbons (Fsp3) is 0.909. The third-order valence-electron chi connectivity index (χ3n) is 3.24. The Morgan fingerprint density at radius 3 is 2.26 bits per heavy atom. The summed E-state index contributed by atoms with van der Waals surface area (Å²) in [4.78, 5) is 1.84. The van der Waals surface area contributed by atoms with Crippen molar-refractivity contribution >= 4 is 17.3 Å². The summed E-state index contributed by atoms with van der Waals surface area (Å²) in [6, 6.07) is -0.894. The third kappa shape index (κ3) is 3.74. The van der Waals surface area contributed by atoms with Crippen molar-refractivity contribution < 1.29 is 25.2 Å². The number of hydrogen-bond acceptors (Lipinski definition) is 6. The van der Waals surface area contributed by atoms with Crippen LogP contribution in [0.25, 0.3) is 0 Å². The Kier molecular flexibility index (Phi) is 6.37. The van der Waals surface area contributed by atoms with Crippen LogP contribution in [0, 0.1) is 0 Å². The van der Waals surface area contributed by atoms with Crippen molar-refractivity contribution in [2.45, 2.75) is 44.5 Å². The molecule has 0 aromatic heterocycles. The van der Waals surface area contributed by atoms with Crippen LogP contribution in [0.15, 0.2) is 0 Å². The number of hydrogen-bond donors (Lipinski definition) is 5. The molecule has 1 heterocycles. The summed E-state index contributed by atoms with van der Waals surface area (Å²) in [5.41, 5.74) is 0. The first-order valence-corrected chi connectivity index (χ1v) is 6.73. The lowest BCUT2D eigenvalue weighted by atomic mass is 9.96. The predicted molar refractivity (Wildman–Crippen MR) is 72.4 cm³/mol. The van der Waals surface area contributed by atoms with Crippen LogP contribution in [0.1, 0.15) is 13.8 Å². The van der Waals surface area contributed by atoms with Gasteiger partial charge >= 0.3 is 0 Å². The number of thiocarbonyl (C=S) groups is 1. The van der Waals surface area contributed by atoms with Crippen molar-refractivity contribution in [3.63, 3.8) is 0 Å². The molecule has 0 saturated carbocycles. The van der Waals surface area contributed by atoms with Crippen LogP contribution in [-0.4, -0.2) is 80.8 Å². The van der Waals surface area contributed by atoms with E-state index in [0.29, 0.717) is 18.2 Å². The largest absolute Gasteiger partial charge is 0.394 e. The average molecular weight is 294 g/mol. The summed E-state index contributed by atoms with van der Waals surface area (Å²) in [5, 5.41) is 41.6. The van der Waals surface area contributed by atoms with E-state index >= 15 is 0 Å². The molecule has 1 fully saturated rings. The molecule has 112 valence electrons. The molecule has 1 aliphatic rings. The first-order valence-electron chi connectivity index (χ1n) is 6.32. The first-order chi connectivity index (χ1) is 8.96. The lowest BCUT2D eigenvalue weighted by molar-refractivity contribution is -0.260. The van der Waals surface area contributed by atoms with Crippen molar-refractivity contribution in [2.24, 2.45) is 0 Å². The van der Waals surface area contributed by atoms with Crippen molar-refractivity contribution in [1.82, 2.24) is 10.2 Å². The second kappa shape index (κ2) is 7.32. The molecule has 1 saturated heterocycles. The average Bonchev–Trinajstić information content (AvgIpc) is 2.40. The zero-order valence-corrected chi connectivity index (χ0v) is 11.9. The molecule has 5 N–H and O–H groups in total. The van der Waals surface area contributed by atoms with Crippen molar-refractivity contribution in [3.8, 4) is 0 Å². The highest BCUT2D eigenvalue weighted by Gasteiger charge is 2.44. The fourth-order valence-corrected chi connectivity index (χ4v) is 2.41. The molecule has 0 aliphatic carbocycles. The standard InChI is InChI=1S/C11H22N2O5S/c1-3-13(4-2)11(19)12-7-8(15)6(5-14)18-10(17)9(7)16/h6-10,14-17H,3-5H2,1-2H3,(H,12,19)/t6-,7+,8-,9-,10-/m1/s1. The number of nitrogens with zero attached hydrogens (tertiary/aromatic N) is 1. The molecule has 0 aromatic rings. The van der Waals surface area contributed by atoms with Gasteiger partial charge in [-0.05, 0) is 26.1 Å². The number of ether oxygens (including phenoxy) is 1. The molecule has 1 aliphatic heterocycles. The highest BCUT2D eigenvalue weighted by atomic mass is 32.1. The molecule has 0 bridgehead atoms. The molecule has 7 nitrogen and oxygen atoms in total. The second-order valence-electron chi connectivity index (χ2n) is 4.38. The van der Waals surface area contributed by atoms with Crippen LogP contribution < -0.4 is 5.32 Å². The Labute approximate surface area is 117 Å². The molecule has 0 radical (unpaired) electrons. The predicted octanol–water partition coefficient (Wildman–Crippen LogP) is -2.00. The van der Waals surface area contributed by atoms with Gasteiger partial charge in [0.2, 0.25) is 0 Å². The maximum atomic E-state index is 10.00. The summed E-state index contributed by atoms with van der Waals surface area (Å²) in [5.74, 6) is 0. The Hall–Kier alpha value is -0.510. The Morgan fingerprint density at radius 2 is 1.79 bits per heavy atom. The van der Waals surface area contributed by atoms with E-state index in [9.17, 15) is 15.3 Å². The third-order valence-corrected chi connectivity index (χ3v) is 3.62. The summed E-state index contributed by atoms with van der Waals surface area (Å²) in [7, 11) is 0. The zero-order valence-electron chi connectivity index (χ0n) is 11.1. The maximum Gasteiger partial charge on any atom is 0.183 e. The van der Waals surface area contributed by atoms with Crippen LogP contribution >= 0.6 is 12.2 Å². The van der Waals surface area contributed by atoms with Crippen LogP contribution in [0.3, 0.4) is 0 Å². The Morgan fingerprint density at radius 1 is 1.21 bits per heavy atom. The molecular formula is C11H22N2O5S. The van der Waals surface area contributed by atoms with E-state index in [4.69, 9.17) is 22.1 Å². The van der Waals surface area contributed by atoms with Gasteiger partial charge in [0.15, 0.2) is 11.4 Å². The van der Waals surface area contributed by atoms with E-state index in [-0.39, 0.29) is 0 Å². The highest BCUT2D eigenvalue weighted by Crippen LogP contribution is 2.19. The lowest BCUT2D eigenvalue weighted by Crippen LogP contribution is -2.65. The zero-order chi connectivity index (χ0) is 14.6. The summed E-state index contributed by atoms with van der Waals surface area (Å²) in [6.07, 6.45) is -4.93. The van der Waals surface area contributed by atoms with Crippen molar-refractivity contribution in [3.05, 3.63) is 0 Å². The van der Waals surface area contributed by atoms with Gasteiger partial charge in [-0.1, -0.05) is 0 Å². The van der Waals surface area contributed by atoms with Gasteiger partial charge in [-0.2, -0.15) is 0 Å². The SMILES string of the molecule is CCN(CC)C(=S)N[C@@H]1[C@@H](O)[C@H](O)O[C@H](CO)[C@H]1O. The minimum atomic E-state index is -1.47. The quantitative estimate of drug-likeness (QED) is 0.379. The molecule has 0 spiro atoms. The summed E-state index contributed by atoms with van der Waals surface area (Å²) < 4.78 is 4.89. The van der Waals surface area contributed by atoms with Crippen LogP contribution in [0.2, 0.25) is 0 Å². The van der Waals surface area contributed by atoms with E-state index in [2.05, 4.69) is 5.32 Å². The van der Waals surface area contributed by atoms with Crippen LogP contribution in [0.5, 0.6) is 0 Å². The molecule has 19 heavy (non-hydrogen) atoms. The topological polar surface area (TPSA) is 105 Å². The van der Waals surface area contributed by atoms with E-state index in [0.717, 1.165) is 0 Å². The lowest BCUT2D eigenvalue weighted by Gasteiger charge is -2.41. The molecule has 0 unspecified atom stereocenters. The van der Waals surface area contributed by atoms with E-state index in [1.165, 1.54) is 0 Å². The van der Waals surface area contributed by atoms with Gasteiger partial charge in [0.1, 0.15) is 18.3 Å². The van der Waals surface area contributed by atoms with Gasteiger partial charge in [0, 0.05) is 13.1 Å². The van der Waals surface area contributed by atoms with Gasteiger partial charge in [-0.3, -0.25) is 0 Å². The number of aliphatic hydroxyl groups is 4. The fourth-order valence-electron chi connectivity index (χ4n) is 2.02.